The maximum atomic E-state index is 12.6. The van der Waals surface area contributed by atoms with Crippen molar-refractivity contribution >= 4 is 17.3 Å². The van der Waals surface area contributed by atoms with Crippen molar-refractivity contribution in [2.24, 2.45) is 0 Å². The number of para-hydroxylation sites is 1. The molecule has 3 aromatic rings. The Bertz CT molecular complexity index is 953. The normalized spacial score (nSPS) is 10.1. The third-order valence-corrected chi connectivity index (χ3v) is 3.75. The minimum atomic E-state index is -0.486. The van der Waals surface area contributed by atoms with Gasteiger partial charge in [0.2, 0.25) is 0 Å². The van der Waals surface area contributed by atoms with Gasteiger partial charge in [-0.3, -0.25) is 14.9 Å². The number of hydrogen-bond acceptors (Lipinski definition) is 5. The fraction of sp³-hybridized carbons (Fsp3) is 0.0500. The van der Waals surface area contributed by atoms with E-state index in [1.54, 1.807) is 55.6 Å². The van der Waals surface area contributed by atoms with Crippen LogP contribution in [0.1, 0.15) is 10.4 Å². The Hall–Kier alpha value is -3.87. The van der Waals surface area contributed by atoms with Crippen LogP contribution in [0.3, 0.4) is 0 Å². The number of hydrogen-bond donors (Lipinski definition) is 1. The molecule has 0 aliphatic heterocycles. The summed E-state index contributed by atoms with van der Waals surface area (Å²) in [4.78, 5) is 22.9. The first-order valence-electron chi connectivity index (χ1n) is 8.03. The van der Waals surface area contributed by atoms with Crippen molar-refractivity contribution < 1.29 is 19.2 Å². The Kier molecular flexibility index (Phi) is 5.32. The molecule has 1 N–H and O–H groups in total. The summed E-state index contributed by atoms with van der Waals surface area (Å²) < 4.78 is 10.8. The molecule has 7 nitrogen and oxygen atoms in total. The Morgan fingerprint density at radius 3 is 2.19 bits per heavy atom. The number of rotatable bonds is 6. The lowest BCUT2D eigenvalue weighted by Gasteiger charge is -2.11. The van der Waals surface area contributed by atoms with Crippen LogP contribution >= 0.6 is 0 Å². The number of nitrogens with one attached hydrogen (secondary N) is 1. The monoisotopic (exact) mass is 364 g/mol. The van der Waals surface area contributed by atoms with Gasteiger partial charge in [-0.15, -0.1) is 0 Å². The molecule has 0 aromatic heterocycles. The maximum Gasteiger partial charge on any atom is 0.269 e. The zero-order valence-corrected chi connectivity index (χ0v) is 14.4. The number of carbonyl (C=O) groups excluding carboxylic acids is 1. The van der Waals surface area contributed by atoms with E-state index in [0.717, 1.165) is 0 Å². The number of anilines is 1. The summed E-state index contributed by atoms with van der Waals surface area (Å²) in [5.41, 5.74) is 0.922. The van der Waals surface area contributed by atoms with Gasteiger partial charge in [0.25, 0.3) is 11.6 Å². The molecule has 0 bridgehead atoms. The molecule has 1 amide bonds. The van der Waals surface area contributed by atoms with Gasteiger partial charge in [-0.25, -0.2) is 0 Å². The van der Waals surface area contributed by atoms with Crippen LogP contribution in [0.25, 0.3) is 0 Å². The zero-order valence-electron chi connectivity index (χ0n) is 14.4. The standard InChI is InChI=1S/C20H16N2O5/c1-26-16-10-6-14(7-11-16)21-20(23)18-4-2-3-5-19(18)27-17-12-8-15(9-13-17)22(24)25/h2-13H,1H3,(H,21,23). The number of nitrogens with zero attached hydrogens (tertiary/aromatic N) is 1. The molecule has 3 aromatic carbocycles. The minimum absolute atomic E-state index is 0.0344. The third kappa shape index (κ3) is 4.40. The topological polar surface area (TPSA) is 90.7 Å². The van der Waals surface area contributed by atoms with Crippen molar-refractivity contribution in [3.63, 3.8) is 0 Å². The van der Waals surface area contributed by atoms with Crippen LogP contribution < -0.4 is 14.8 Å². The molecule has 27 heavy (non-hydrogen) atoms. The Morgan fingerprint density at radius 2 is 1.56 bits per heavy atom. The second-order valence-electron chi connectivity index (χ2n) is 5.53. The van der Waals surface area contributed by atoms with Crippen molar-refractivity contribution in [2.75, 3.05) is 12.4 Å². The SMILES string of the molecule is COc1ccc(NC(=O)c2ccccc2Oc2ccc([N+](=O)[O-])cc2)cc1. The smallest absolute Gasteiger partial charge is 0.269 e. The number of nitro benzene ring substituents is 1. The minimum Gasteiger partial charge on any atom is -0.497 e. The highest BCUT2D eigenvalue weighted by Crippen LogP contribution is 2.27. The van der Waals surface area contributed by atoms with Gasteiger partial charge < -0.3 is 14.8 Å². The molecular weight excluding hydrogens is 348 g/mol. The molecule has 0 saturated heterocycles. The highest BCUT2D eigenvalue weighted by molar-refractivity contribution is 6.06. The van der Waals surface area contributed by atoms with Gasteiger partial charge >= 0.3 is 0 Å². The van der Waals surface area contributed by atoms with Crippen LogP contribution in [0.5, 0.6) is 17.2 Å². The molecule has 0 heterocycles. The molecule has 136 valence electrons. The molecule has 0 spiro atoms. The maximum absolute atomic E-state index is 12.6. The molecule has 7 heteroatoms. The van der Waals surface area contributed by atoms with Gasteiger partial charge in [0.1, 0.15) is 17.2 Å². The average molecular weight is 364 g/mol. The summed E-state index contributed by atoms with van der Waals surface area (Å²) >= 11 is 0. The number of nitro groups is 1. The number of non-ortho nitro benzene ring substituents is 1. The third-order valence-electron chi connectivity index (χ3n) is 3.75. The quantitative estimate of drug-likeness (QED) is 0.508. The van der Waals surface area contributed by atoms with E-state index in [9.17, 15) is 14.9 Å². The first-order chi connectivity index (χ1) is 13.1. The van der Waals surface area contributed by atoms with Crippen molar-refractivity contribution in [1.82, 2.24) is 0 Å². The van der Waals surface area contributed by atoms with E-state index in [1.807, 2.05) is 0 Å². The summed E-state index contributed by atoms with van der Waals surface area (Å²) in [7, 11) is 1.57. The molecule has 3 rings (SSSR count). The fourth-order valence-electron chi connectivity index (χ4n) is 2.38. The van der Waals surface area contributed by atoms with E-state index >= 15 is 0 Å². The van der Waals surface area contributed by atoms with Gasteiger partial charge in [-0.05, 0) is 48.5 Å². The Balaban J connectivity index is 1.78. The van der Waals surface area contributed by atoms with E-state index in [1.165, 1.54) is 24.3 Å². The van der Waals surface area contributed by atoms with Crippen molar-refractivity contribution in [3.05, 3.63) is 88.5 Å². The molecule has 0 fully saturated rings. The number of ether oxygens (including phenoxy) is 2. The summed E-state index contributed by atoms with van der Waals surface area (Å²) in [5.74, 6) is 1.09. The molecule has 0 aliphatic rings. The van der Waals surface area contributed by atoms with E-state index in [0.29, 0.717) is 28.5 Å². The van der Waals surface area contributed by atoms with E-state index < -0.39 is 4.92 Å². The molecule has 0 aliphatic carbocycles. The van der Waals surface area contributed by atoms with Crippen LogP contribution in [0.4, 0.5) is 11.4 Å². The van der Waals surface area contributed by atoms with Gasteiger partial charge in [-0.2, -0.15) is 0 Å². The molecule has 0 unspecified atom stereocenters. The van der Waals surface area contributed by atoms with Crippen LogP contribution in [0.2, 0.25) is 0 Å². The van der Waals surface area contributed by atoms with Crippen molar-refractivity contribution in [3.8, 4) is 17.2 Å². The van der Waals surface area contributed by atoms with Crippen molar-refractivity contribution in [2.45, 2.75) is 0 Å². The zero-order chi connectivity index (χ0) is 19.2. The number of benzene rings is 3. The van der Waals surface area contributed by atoms with Crippen LogP contribution in [0, 0.1) is 10.1 Å². The lowest BCUT2D eigenvalue weighted by atomic mass is 10.1. The summed E-state index contributed by atoms with van der Waals surface area (Å²) in [5, 5.41) is 13.5. The fourth-order valence-corrected chi connectivity index (χ4v) is 2.38. The van der Waals surface area contributed by atoms with Gasteiger partial charge in [0, 0.05) is 17.8 Å². The first kappa shape index (κ1) is 17.9. The summed E-state index contributed by atoms with van der Waals surface area (Å²) in [6.07, 6.45) is 0. The predicted molar refractivity (Wildman–Crippen MR) is 101 cm³/mol. The highest BCUT2D eigenvalue weighted by Gasteiger charge is 2.14. The predicted octanol–water partition coefficient (Wildman–Crippen LogP) is 4.65. The lowest BCUT2D eigenvalue weighted by Crippen LogP contribution is -2.12. The van der Waals surface area contributed by atoms with Gasteiger partial charge in [0.15, 0.2) is 0 Å². The van der Waals surface area contributed by atoms with E-state index in [4.69, 9.17) is 9.47 Å². The first-order valence-corrected chi connectivity index (χ1v) is 8.03. The summed E-state index contributed by atoms with van der Waals surface area (Å²) in [6, 6.07) is 19.4. The van der Waals surface area contributed by atoms with Gasteiger partial charge in [0.05, 0.1) is 17.6 Å². The number of carbonyl (C=O) groups is 1. The van der Waals surface area contributed by atoms with Gasteiger partial charge in [-0.1, -0.05) is 12.1 Å². The Labute approximate surface area is 155 Å². The Morgan fingerprint density at radius 1 is 0.926 bits per heavy atom. The largest absolute Gasteiger partial charge is 0.497 e. The second kappa shape index (κ2) is 8.01. The number of amides is 1. The molecular formula is C20H16N2O5. The van der Waals surface area contributed by atoms with Crippen LogP contribution in [0.15, 0.2) is 72.8 Å². The number of methoxy groups -OCH3 is 1. The lowest BCUT2D eigenvalue weighted by molar-refractivity contribution is -0.384. The molecule has 0 saturated carbocycles. The highest BCUT2D eigenvalue weighted by atomic mass is 16.6. The molecule has 0 radical (unpaired) electrons. The van der Waals surface area contributed by atoms with Crippen LogP contribution in [-0.2, 0) is 0 Å². The van der Waals surface area contributed by atoms with Crippen LogP contribution in [-0.4, -0.2) is 17.9 Å². The van der Waals surface area contributed by atoms with Crippen molar-refractivity contribution in [1.29, 1.82) is 0 Å². The summed E-state index contributed by atoms with van der Waals surface area (Å²) in [6.45, 7) is 0. The van der Waals surface area contributed by atoms with E-state index in [-0.39, 0.29) is 11.6 Å². The van der Waals surface area contributed by atoms with E-state index in [2.05, 4.69) is 5.32 Å². The molecule has 0 atom stereocenters. The second-order valence-corrected chi connectivity index (χ2v) is 5.53. The average Bonchev–Trinajstić information content (AvgIpc) is 2.69.